The predicted molar refractivity (Wildman–Crippen MR) is 102 cm³/mol. The average molecular weight is 409 g/mol. The highest BCUT2D eigenvalue weighted by Gasteiger charge is 2.33. The van der Waals surface area contributed by atoms with Crippen LogP contribution in [0.25, 0.3) is 0 Å². The van der Waals surface area contributed by atoms with E-state index in [1.807, 2.05) is 29.2 Å². The number of anilines is 1. The molecule has 1 aliphatic rings. The highest BCUT2D eigenvalue weighted by molar-refractivity contribution is 5.79. The van der Waals surface area contributed by atoms with Gasteiger partial charge in [-0.15, -0.1) is 10.2 Å². The van der Waals surface area contributed by atoms with Gasteiger partial charge in [0.1, 0.15) is 19.5 Å². The SMILES string of the molecule is CON=Cc1cccc(OCCN2CCN(c3ccc(C(F)(F)F)nn3)CC2)c1. The maximum atomic E-state index is 12.6. The Bertz CT molecular complexity index is 806. The molecule has 3 rings (SSSR count). The first-order valence-corrected chi connectivity index (χ1v) is 9.13. The Hall–Kier alpha value is -2.88. The second-order valence-corrected chi connectivity index (χ2v) is 6.44. The first-order chi connectivity index (χ1) is 14.0. The molecular weight excluding hydrogens is 387 g/mol. The number of benzene rings is 1. The molecule has 0 saturated carbocycles. The van der Waals surface area contributed by atoms with Gasteiger partial charge in [0.05, 0.1) is 6.21 Å². The third-order valence-corrected chi connectivity index (χ3v) is 4.48. The number of rotatable bonds is 7. The monoisotopic (exact) mass is 409 g/mol. The van der Waals surface area contributed by atoms with Crippen molar-refractivity contribution < 1.29 is 22.7 Å². The Morgan fingerprint density at radius 1 is 1.10 bits per heavy atom. The number of halogens is 3. The maximum Gasteiger partial charge on any atom is 0.435 e. The lowest BCUT2D eigenvalue weighted by atomic mass is 10.2. The van der Waals surface area contributed by atoms with Crippen LogP contribution in [0.2, 0.25) is 0 Å². The predicted octanol–water partition coefficient (Wildman–Crippen LogP) is 2.68. The molecule has 0 amide bonds. The van der Waals surface area contributed by atoms with Crippen LogP contribution in [0.4, 0.5) is 19.0 Å². The van der Waals surface area contributed by atoms with Gasteiger partial charge in [-0.1, -0.05) is 17.3 Å². The van der Waals surface area contributed by atoms with E-state index < -0.39 is 11.9 Å². The smallest absolute Gasteiger partial charge is 0.435 e. The van der Waals surface area contributed by atoms with Gasteiger partial charge in [-0.25, -0.2) is 0 Å². The Morgan fingerprint density at radius 2 is 1.90 bits per heavy atom. The Kier molecular flexibility index (Phi) is 6.86. The molecule has 29 heavy (non-hydrogen) atoms. The molecule has 1 aromatic heterocycles. The maximum absolute atomic E-state index is 12.6. The zero-order valence-corrected chi connectivity index (χ0v) is 16.0. The van der Waals surface area contributed by atoms with Crippen LogP contribution in [-0.2, 0) is 11.0 Å². The van der Waals surface area contributed by atoms with E-state index in [1.54, 1.807) is 6.21 Å². The van der Waals surface area contributed by atoms with Crippen molar-refractivity contribution in [1.82, 2.24) is 15.1 Å². The van der Waals surface area contributed by atoms with E-state index in [9.17, 15) is 13.2 Å². The fourth-order valence-electron chi connectivity index (χ4n) is 2.94. The lowest BCUT2D eigenvalue weighted by molar-refractivity contribution is -0.141. The number of piperazine rings is 1. The quantitative estimate of drug-likeness (QED) is 0.518. The van der Waals surface area contributed by atoms with Crippen molar-refractivity contribution in [3.63, 3.8) is 0 Å². The van der Waals surface area contributed by atoms with Crippen LogP contribution in [0.15, 0.2) is 41.6 Å². The van der Waals surface area contributed by atoms with Gasteiger partial charge >= 0.3 is 6.18 Å². The molecule has 0 spiro atoms. The molecule has 0 N–H and O–H groups in total. The molecular formula is C19H22F3N5O2. The molecule has 0 bridgehead atoms. The zero-order chi connectivity index (χ0) is 20.7. The van der Waals surface area contributed by atoms with E-state index in [-0.39, 0.29) is 0 Å². The van der Waals surface area contributed by atoms with Gasteiger partial charge in [0, 0.05) is 32.7 Å². The van der Waals surface area contributed by atoms with Crippen molar-refractivity contribution in [3.05, 3.63) is 47.7 Å². The third kappa shape index (κ3) is 6.05. The number of hydrogen-bond donors (Lipinski definition) is 0. The van der Waals surface area contributed by atoms with Crippen molar-refractivity contribution in [3.8, 4) is 5.75 Å². The first kappa shape index (κ1) is 20.8. The van der Waals surface area contributed by atoms with Crippen LogP contribution in [0.3, 0.4) is 0 Å². The van der Waals surface area contributed by atoms with Gasteiger partial charge in [-0.05, 0) is 29.8 Å². The zero-order valence-electron chi connectivity index (χ0n) is 16.0. The summed E-state index contributed by atoms with van der Waals surface area (Å²) in [5.41, 5.74) is -0.0924. The van der Waals surface area contributed by atoms with E-state index in [0.29, 0.717) is 25.5 Å². The van der Waals surface area contributed by atoms with Crippen molar-refractivity contribution in [2.24, 2.45) is 5.16 Å². The van der Waals surface area contributed by atoms with Gasteiger partial charge < -0.3 is 14.5 Å². The Morgan fingerprint density at radius 3 is 2.55 bits per heavy atom. The molecule has 0 radical (unpaired) electrons. The fraction of sp³-hybridized carbons (Fsp3) is 0.421. The van der Waals surface area contributed by atoms with E-state index >= 15 is 0 Å². The second-order valence-electron chi connectivity index (χ2n) is 6.44. The van der Waals surface area contributed by atoms with E-state index in [4.69, 9.17) is 4.74 Å². The summed E-state index contributed by atoms with van der Waals surface area (Å²) in [6.45, 7) is 4.17. The molecule has 1 fully saturated rings. The van der Waals surface area contributed by atoms with E-state index in [1.165, 1.54) is 13.2 Å². The summed E-state index contributed by atoms with van der Waals surface area (Å²) in [5.74, 6) is 1.21. The summed E-state index contributed by atoms with van der Waals surface area (Å²) >= 11 is 0. The molecule has 156 valence electrons. The van der Waals surface area contributed by atoms with Gasteiger partial charge in [0.2, 0.25) is 0 Å². The largest absolute Gasteiger partial charge is 0.492 e. The second kappa shape index (κ2) is 9.55. The molecule has 0 aliphatic carbocycles. The lowest BCUT2D eigenvalue weighted by Crippen LogP contribution is -2.47. The van der Waals surface area contributed by atoms with Crippen molar-refractivity contribution >= 4 is 12.0 Å². The van der Waals surface area contributed by atoms with Gasteiger partial charge in [0.15, 0.2) is 11.5 Å². The fourth-order valence-corrected chi connectivity index (χ4v) is 2.94. The number of alkyl halides is 3. The summed E-state index contributed by atoms with van der Waals surface area (Å²) in [7, 11) is 1.49. The lowest BCUT2D eigenvalue weighted by Gasteiger charge is -2.35. The number of ether oxygens (including phenoxy) is 1. The van der Waals surface area contributed by atoms with Crippen LogP contribution in [0, 0.1) is 0 Å². The molecule has 1 aromatic carbocycles. The third-order valence-electron chi connectivity index (χ3n) is 4.48. The number of aromatic nitrogens is 2. The van der Waals surface area contributed by atoms with Crippen molar-refractivity contribution in [2.45, 2.75) is 6.18 Å². The molecule has 0 unspecified atom stereocenters. The Labute approximate surface area is 166 Å². The highest BCUT2D eigenvalue weighted by atomic mass is 19.4. The summed E-state index contributed by atoms with van der Waals surface area (Å²) in [5, 5.41) is 10.7. The summed E-state index contributed by atoms with van der Waals surface area (Å²) in [6.07, 6.45) is -2.86. The van der Waals surface area contributed by atoms with Crippen LogP contribution >= 0.6 is 0 Å². The summed E-state index contributed by atoms with van der Waals surface area (Å²) in [6, 6.07) is 9.88. The van der Waals surface area contributed by atoms with Crippen molar-refractivity contribution in [2.75, 3.05) is 51.3 Å². The molecule has 10 heteroatoms. The van der Waals surface area contributed by atoms with Gasteiger partial charge in [-0.3, -0.25) is 4.90 Å². The number of nitrogens with zero attached hydrogens (tertiary/aromatic N) is 5. The molecule has 2 heterocycles. The topological polar surface area (TPSA) is 63.1 Å². The van der Waals surface area contributed by atoms with E-state index in [0.717, 1.165) is 37.0 Å². The molecule has 7 nitrogen and oxygen atoms in total. The van der Waals surface area contributed by atoms with Gasteiger partial charge in [0.25, 0.3) is 0 Å². The first-order valence-electron chi connectivity index (χ1n) is 9.13. The highest BCUT2D eigenvalue weighted by Crippen LogP contribution is 2.27. The standard InChI is InChI=1S/C19H22F3N5O2/c1-28-23-14-15-3-2-4-16(13-15)29-12-11-26-7-9-27(10-8-26)18-6-5-17(24-25-18)19(20,21)22/h2-6,13-14H,7-12H2,1H3. The minimum atomic E-state index is -4.47. The molecule has 0 atom stereocenters. The van der Waals surface area contributed by atoms with Gasteiger partial charge in [-0.2, -0.15) is 13.2 Å². The summed E-state index contributed by atoms with van der Waals surface area (Å²) in [4.78, 5) is 8.84. The average Bonchev–Trinajstić information content (AvgIpc) is 2.73. The minimum Gasteiger partial charge on any atom is -0.492 e. The van der Waals surface area contributed by atoms with Crippen LogP contribution in [0.1, 0.15) is 11.3 Å². The van der Waals surface area contributed by atoms with E-state index in [2.05, 4.69) is 25.1 Å². The molecule has 1 aliphatic heterocycles. The number of hydrogen-bond acceptors (Lipinski definition) is 7. The molecule has 2 aromatic rings. The van der Waals surface area contributed by atoms with Crippen molar-refractivity contribution in [1.29, 1.82) is 0 Å². The van der Waals surface area contributed by atoms with Crippen LogP contribution in [-0.4, -0.2) is 67.8 Å². The Balaban J connectivity index is 1.43. The summed E-state index contributed by atoms with van der Waals surface area (Å²) < 4.78 is 43.6. The van der Waals surface area contributed by atoms with Crippen LogP contribution < -0.4 is 9.64 Å². The minimum absolute atomic E-state index is 0.462. The number of oxime groups is 1. The van der Waals surface area contributed by atoms with Crippen LogP contribution in [0.5, 0.6) is 5.75 Å². The molecule has 1 saturated heterocycles. The normalized spacial score (nSPS) is 15.7.